The lowest BCUT2D eigenvalue weighted by molar-refractivity contribution is 0.0695. The molecule has 2 N–H and O–H groups in total. The van der Waals surface area contributed by atoms with Gasteiger partial charge in [0.25, 0.3) is 0 Å². The smallest absolute Gasteiger partial charge is 0.240 e. The van der Waals surface area contributed by atoms with Gasteiger partial charge in [-0.1, -0.05) is 0 Å². The molecule has 1 saturated carbocycles. The number of anilines is 1. The van der Waals surface area contributed by atoms with Crippen molar-refractivity contribution in [2.75, 3.05) is 32.2 Å². The highest BCUT2D eigenvalue weighted by Gasteiger charge is 2.27. The zero-order valence-electron chi connectivity index (χ0n) is 12.3. The highest BCUT2D eigenvalue weighted by molar-refractivity contribution is 7.89. The quantitative estimate of drug-likeness (QED) is 0.733. The maximum Gasteiger partial charge on any atom is 0.240 e. The number of likely N-dealkylation sites (N-methyl/N-ethyl adjacent to an activating group) is 1. The molecular formula is C14H22N2O4S. The summed E-state index contributed by atoms with van der Waals surface area (Å²) in [6.07, 6.45) is 1.24. The minimum atomic E-state index is -3.41. The lowest BCUT2D eigenvalue weighted by atomic mass is 10.2. The van der Waals surface area contributed by atoms with Gasteiger partial charge in [0.05, 0.1) is 17.6 Å². The van der Waals surface area contributed by atoms with Crippen molar-refractivity contribution >= 4 is 15.7 Å². The lowest BCUT2D eigenvalue weighted by Crippen LogP contribution is -2.32. The van der Waals surface area contributed by atoms with Crippen molar-refractivity contribution in [2.45, 2.75) is 29.9 Å². The average Bonchev–Trinajstić information content (AvgIpc) is 3.22. The van der Waals surface area contributed by atoms with E-state index in [1.165, 1.54) is 7.11 Å². The summed E-state index contributed by atoms with van der Waals surface area (Å²) >= 11 is 0. The monoisotopic (exact) mass is 314 g/mol. The number of benzene rings is 1. The number of hydrogen-bond acceptors (Lipinski definition) is 5. The maximum absolute atomic E-state index is 12.0. The summed E-state index contributed by atoms with van der Waals surface area (Å²) in [4.78, 5) is 2.12. The van der Waals surface area contributed by atoms with Crippen molar-refractivity contribution in [2.24, 2.45) is 0 Å². The molecule has 1 aromatic rings. The Morgan fingerprint density at radius 2 is 2.00 bits per heavy atom. The Hall–Kier alpha value is -1.15. The van der Waals surface area contributed by atoms with Crippen molar-refractivity contribution in [1.82, 2.24) is 4.72 Å². The molecule has 1 aromatic carbocycles. The van der Waals surface area contributed by atoms with E-state index in [0.29, 0.717) is 6.54 Å². The lowest BCUT2D eigenvalue weighted by Gasteiger charge is -2.22. The molecule has 118 valence electrons. The molecule has 2 rings (SSSR count). The van der Waals surface area contributed by atoms with Crippen molar-refractivity contribution in [1.29, 1.82) is 0 Å². The highest BCUT2D eigenvalue weighted by Crippen LogP contribution is 2.23. The van der Waals surface area contributed by atoms with Crippen LogP contribution in [0.25, 0.3) is 0 Å². The number of hydrogen-bond donors (Lipinski definition) is 2. The summed E-state index contributed by atoms with van der Waals surface area (Å²) in [5.74, 6) is 0. The molecule has 6 nitrogen and oxygen atoms in total. The second-order valence-electron chi connectivity index (χ2n) is 5.38. The molecule has 1 aliphatic rings. The molecule has 0 radical (unpaired) electrons. The van der Waals surface area contributed by atoms with E-state index in [9.17, 15) is 13.5 Å². The van der Waals surface area contributed by atoms with E-state index in [4.69, 9.17) is 4.74 Å². The van der Waals surface area contributed by atoms with Gasteiger partial charge in [-0.05, 0) is 37.1 Å². The van der Waals surface area contributed by atoms with Crippen LogP contribution in [0, 0.1) is 0 Å². The van der Waals surface area contributed by atoms with Gasteiger partial charge in [0.15, 0.2) is 0 Å². The molecule has 0 saturated heterocycles. The zero-order chi connectivity index (χ0) is 15.5. The van der Waals surface area contributed by atoms with Crippen LogP contribution >= 0.6 is 0 Å². The van der Waals surface area contributed by atoms with Crippen LogP contribution in [-0.2, 0) is 14.8 Å². The second kappa shape index (κ2) is 6.74. The standard InChI is InChI=1S/C14H22N2O4S/c1-16(9-13(17)10-20-2)12-5-7-14(8-6-12)21(18,19)15-11-3-4-11/h5-8,11,13,15,17H,3-4,9-10H2,1-2H3. The van der Waals surface area contributed by atoms with Gasteiger partial charge in [-0.3, -0.25) is 0 Å². The van der Waals surface area contributed by atoms with Gasteiger partial charge in [-0.15, -0.1) is 0 Å². The molecule has 1 unspecified atom stereocenters. The third kappa shape index (κ3) is 4.67. The Bertz CT molecular complexity index is 555. The summed E-state index contributed by atoms with van der Waals surface area (Å²) in [6.45, 7) is 0.683. The largest absolute Gasteiger partial charge is 0.389 e. The van der Waals surface area contributed by atoms with Crippen LogP contribution < -0.4 is 9.62 Å². The fourth-order valence-corrected chi connectivity index (χ4v) is 3.34. The number of nitrogens with one attached hydrogen (secondary N) is 1. The predicted octanol–water partition coefficient (Wildman–Crippen LogP) is 0.571. The molecule has 0 amide bonds. The fraction of sp³-hybridized carbons (Fsp3) is 0.571. The summed E-state index contributed by atoms with van der Waals surface area (Å²) in [7, 11) is -0.0335. The summed E-state index contributed by atoms with van der Waals surface area (Å²) in [6, 6.07) is 6.74. The van der Waals surface area contributed by atoms with Crippen LogP contribution in [0.1, 0.15) is 12.8 Å². The van der Waals surface area contributed by atoms with E-state index < -0.39 is 16.1 Å². The van der Waals surface area contributed by atoms with Gasteiger partial charge in [0.2, 0.25) is 10.0 Å². The topological polar surface area (TPSA) is 78.9 Å². The number of sulfonamides is 1. The van der Waals surface area contributed by atoms with E-state index in [0.717, 1.165) is 18.5 Å². The molecule has 1 atom stereocenters. The Kier molecular flexibility index (Phi) is 5.21. The number of nitrogens with zero attached hydrogens (tertiary/aromatic N) is 1. The SMILES string of the molecule is COCC(O)CN(C)c1ccc(S(=O)(=O)NC2CC2)cc1. The third-order valence-corrected chi connectivity index (χ3v) is 4.87. The van der Waals surface area contributed by atoms with Crippen molar-refractivity contribution < 1.29 is 18.3 Å². The molecule has 0 spiro atoms. The number of rotatable bonds is 8. The van der Waals surface area contributed by atoms with Crippen molar-refractivity contribution in [3.8, 4) is 0 Å². The van der Waals surface area contributed by atoms with E-state index in [1.807, 2.05) is 11.9 Å². The first-order valence-electron chi connectivity index (χ1n) is 6.93. The van der Waals surface area contributed by atoms with E-state index in [-0.39, 0.29) is 17.5 Å². The number of aliphatic hydroxyl groups is 1. The van der Waals surface area contributed by atoms with Crippen LogP contribution in [0.2, 0.25) is 0 Å². The fourth-order valence-electron chi connectivity index (χ4n) is 2.04. The normalized spacial score (nSPS) is 16.7. The van der Waals surface area contributed by atoms with Crippen molar-refractivity contribution in [3.63, 3.8) is 0 Å². The maximum atomic E-state index is 12.0. The van der Waals surface area contributed by atoms with Crippen LogP contribution in [0.3, 0.4) is 0 Å². The third-order valence-electron chi connectivity index (χ3n) is 3.33. The minimum absolute atomic E-state index is 0.0986. The zero-order valence-corrected chi connectivity index (χ0v) is 13.1. The number of aliphatic hydroxyl groups excluding tert-OH is 1. The molecule has 1 fully saturated rings. The number of ether oxygens (including phenoxy) is 1. The molecule has 0 aromatic heterocycles. The molecule has 7 heteroatoms. The average molecular weight is 314 g/mol. The molecule has 0 aliphatic heterocycles. The first kappa shape index (κ1) is 16.2. The first-order valence-corrected chi connectivity index (χ1v) is 8.41. The van der Waals surface area contributed by atoms with Gasteiger partial charge >= 0.3 is 0 Å². The second-order valence-corrected chi connectivity index (χ2v) is 7.09. The van der Waals surface area contributed by atoms with Gasteiger partial charge < -0.3 is 14.7 Å². The van der Waals surface area contributed by atoms with E-state index in [2.05, 4.69) is 4.72 Å². The van der Waals surface area contributed by atoms with Gasteiger partial charge in [-0.25, -0.2) is 13.1 Å². The van der Waals surface area contributed by atoms with E-state index >= 15 is 0 Å². The molecule has 21 heavy (non-hydrogen) atoms. The number of methoxy groups -OCH3 is 1. The van der Waals surface area contributed by atoms with Crippen molar-refractivity contribution in [3.05, 3.63) is 24.3 Å². The van der Waals surface area contributed by atoms with Crippen LogP contribution in [0.15, 0.2) is 29.2 Å². The first-order chi connectivity index (χ1) is 9.92. The van der Waals surface area contributed by atoms with Gasteiger partial charge in [-0.2, -0.15) is 0 Å². The summed E-state index contributed by atoms with van der Waals surface area (Å²) < 4.78 is 31.6. The van der Waals surface area contributed by atoms with Gasteiger partial charge in [0.1, 0.15) is 0 Å². The molecule has 1 aliphatic carbocycles. The van der Waals surface area contributed by atoms with E-state index in [1.54, 1.807) is 24.3 Å². The summed E-state index contributed by atoms with van der Waals surface area (Å²) in [5, 5.41) is 9.70. The predicted molar refractivity (Wildman–Crippen MR) is 80.9 cm³/mol. The van der Waals surface area contributed by atoms with Crippen LogP contribution in [-0.4, -0.2) is 53.0 Å². The summed E-state index contributed by atoms with van der Waals surface area (Å²) in [5.41, 5.74) is 0.843. The van der Waals surface area contributed by atoms with Crippen LogP contribution in [0.5, 0.6) is 0 Å². The molecular weight excluding hydrogens is 292 g/mol. The Morgan fingerprint density at radius 1 is 1.38 bits per heavy atom. The Balaban J connectivity index is 2.00. The minimum Gasteiger partial charge on any atom is -0.389 e. The Morgan fingerprint density at radius 3 is 2.52 bits per heavy atom. The van der Waals surface area contributed by atoms with Crippen LogP contribution in [0.4, 0.5) is 5.69 Å². The molecule has 0 heterocycles. The highest BCUT2D eigenvalue weighted by atomic mass is 32.2. The Labute approximate surface area is 125 Å². The molecule has 0 bridgehead atoms. The van der Waals surface area contributed by atoms with Gasteiger partial charge in [0, 0.05) is 32.4 Å².